The fourth-order valence-corrected chi connectivity index (χ4v) is 2.10. The first-order valence-electron chi connectivity index (χ1n) is 4.09. The highest BCUT2D eigenvalue weighted by Crippen LogP contribution is 2.40. The lowest BCUT2D eigenvalue weighted by Gasteiger charge is -2.23. The Bertz CT molecular complexity index is 382. The fraction of sp³-hybridized carbons (Fsp3) is 0.333. The molecule has 0 spiro atoms. The lowest BCUT2D eigenvalue weighted by Crippen LogP contribution is -2.16. The quantitative estimate of drug-likeness (QED) is 0.730. The third-order valence-corrected chi connectivity index (χ3v) is 2.79. The maximum Gasteiger partial charge on any atom is 0.201 e. The van der Waals surface area contributed by atoms with Gasteiger partial charge >= 0.3 is 0 Å². The average molecular weight is 265 g/mol. The maximum atomic E-state index is 13.2. The molecule has 0 aromatic heterocycles. The number of hydrogen-bond donors (Lipinski definition) is 1. The van der Waals surface area contributed by atoms with Crippen LogP contribution in [0.25, 0.3) is 0 Å². The van der Waals surface area contributed by atoms with Gasteiger partial charge in [0, 0.05) is 16.5 Å². The predicted octanol–water partition coefficient (Wildman–Crippen LogP) is 2.54. The van der Waals surface area contributed by atoms with Crippen LogP contribution >= 0.6 is 15.9 Å². The maximum absolute atomic E-state index is 13.2. The number of fused-ring (bicyclic) bond motifs is 1. The molecule has 76 valence electrons. The van der Waals surface area contributed by atoms with Crippen LogP contribution in [0.5, 0.6) is 5.75 Å². The van der Waals surface area contributed by atoms with Crippen molar-refractivity contribution in [3.8, 4) is 5.75 Å². The molecule has 1 aliphatic rings. The molecule has 1 N–H and O–H groups in total. The van der Waals surface area contributed by atoms with Crippen LogP contribution in [0.15, 0.2) is 10.5 Å². The first-order chi connectivity index (χ1) is 6.61. The van der Waals surface area contributed by atoms with Gasteiger partial charge < -0.3 is 9.84 Å². The predicted molar refractivity (Wildman–Crippen MR) is 49.1 cm³/mol. The third kappa shape index (κ3) is 1.40. The van der Waals surface area contributed by atoms with Crippen LogP contribution in [0.1, 0.15) is 18.1 Å². The Kier molecular flexibility index (Phi) is 2.45. The van der Waals surface area contributed by atoms with Crippen LogP contribution in [0.3, 0.4) is 0 Å². The molecule has 1 aromatic rings. The topological polar surface area (TPSA) is 29.5 Å². The smallest absolute Gasteiger partial charge is 0.201 e. The summed E-state index contributed by atoms with van der Waals surface area (Å²) in [5.74, 6) is -2.21. The van der Waals surface area contributed by atoms with Gasteiger partial charge in [-0.25, -0.2) is 4.39 Å². The Hall–Kier alpha value is -0.680. The zero-order chi connectivity index (χ0) is 10.3. The Labute approximate surface area is 87.6 Å². The van der Waals surface area contributed by atoms with Gasteiger partial charge in [-0.05, 0) is 6.07 Å². The molecule has 14 heavy (non-hydrogen) atoms. The van der Waals surface area contributed by atoms with Crippen LogP contribution in [-0.4, -0.2) is 11.7 Å². The highest BCUT2D eigenvalue weighted by Gasteiger charge is 2.27. The monoisotopic (exact) mass is 264 g/mol. The second kappa shape index (κ2) is 3.47. The molecule has 0 unspecified atom stereocenters. The molecule has 5 heteroatoms. The van der Waals surface area contributed by atoms with Crippen LogP contribution < -0.4 is 4.74 Å². The number of aliphatic hydroxyl groups excluding tert-OH is 1. The van der Waals surface area contributed by atoms with Crippen LogP contribution in [0.2, 0.25) is 0 Å². The minimum Gasteiger partial charge on any atom is -0.490 e. The summed E-state index contributed by atoms with van der Waals surface area (Å²) in [7, 11) is 0. The Balaban J connectivity index is 2.66. The summed E-state index contributed by atoms with van der Waals surface area (Å²) in [6.45, 7) is 0.195. The molecular formula is C9H7BrF2O2. The van der Waals surface area contributed by atoms with E-state index in [-0.39, 0.29) is 17.9 Å². The Morgan fingerprint density at radius 3 is 2.93 bits per heavy atom. The molecule has 1 atom stereocenters. The normalized spacial score (nSPS) is 20.1. The molecule has 0 saturated heterocycles. The molecule has 0 aliphatic carbocycles. The van der Waals surface area contributed by atoms with Gasteiger partial charge in [-0.1, -0.05) is 15.9 Å². The van der Waals surface area contributed by atoms with Gasteiger partial charge in [-0.2, -0.15) is 4.39 Å². The highest BCUT2D eigenvalue weighted by molar-refractivity contribution is 9.10. The molecule has 1 aliphatic heterocycles. The van der Waals surface area contributed by atoms with Crippen molar-refractivity contribution in [1.29, 1.82) is 0 Å². The van der Waals surface area contributed by atoms with E-state index < -0.39 is 17.7 Å². The summed E-state index contributed by atoms with van der Waals surface area (Å²) in [6.07, 6.45) is -0.417. The van der Waals surface area contributed by atoms with Crippen LogP contribution in [0.4, 0.5) is 8.78 Å². The lowest BCUT2D eigenvalue weighted by molar-refractivity contribution is 0.110. The molecule has 1 aromatic carbocycles. The van der Waals surface area contributed by atoms with Gasteiger partial charge in [-0.15, -0.1) is 0 Å². The van der Waals surface area contributed by atoms with E-state index in [0.717, 1.165) is 6.07 Å². The van der Waals surface area contributed by atoms with Crippen LogP contribution in [-0.2, 0) is 0 Å². The number of halogens is 3. The zero-order valence-corrected chi connectivity index (χ0v) is 8.64. The standard InChI is InChI=1S/C9H7BrF2O2/c10-4-3-5(11)8(12)9-7(4)6(13)1-2-14-9/h3,6,13H,1-2H2/t6-/m1/s1. The number of rotatable bonds is 0. The van der Waals surface area contributed by atoms with Crippen molar-refractivity contribution in [1.82, 2.24) is 0 Å². The van der Waals surface area contributed by atoms with Gasteiger partial charge in [0.1, 0.15) is 0 Å². The molecule has 0 saturated carbocycles. The summed E-state index contributed by atoms with van der Waals surface area (Å²) in [5.41, 5.74) is 0.287. The molecule has 1 heterocycles. The van der Waals surface area contributed by atoms with Crippen molar-refractivity contribution in [2.45, 2.75) is 12.5 Å². The average Bonchev–Trinajstić information content (AvgIpc) is 2.14. The Morgan fingerprint density at radius 2 is 2.21 bits per heavy atom. The van der Waals surface area contributed by atoms with Gasteiger partial charge in [0.25, 0.3) is 0 Å². The van der Waals surface area contributed by atoms with E-state index >= 15 is 0 Å². The largest absolute Gasteiger partial charge is 0.490 e. The van der Waals surface area contributed by atoms with Gasteiger partial charge in [0.15, 0.2) is 11.6 Å². The Morgan fingerprint density at radius 1 is 1.50 bits per heavy atom. The molecule has 2 nitrogen and oxygen atoms in total. The van der Waals surface area contributed by atoms with E-state index in [1.165, 1.54) is 0 Å². The first-order valence-corrected chi connectivity index (χ1v) is 4.89. The first kappa shape index (κ1) is 9.86. The van der Waals surface area contributed by atoms with Crippen molar-refractivity contribution in [2.75, 3.05) is 6.61 Å². The number of aliphatic hydroxyl groups is 1. The summed E-state index contributed by atoms with van der Waals surface area (Å²) in [5, 5.41) is 9.56. The van der Waals surface area contributed by atoms with Crippen molar-refractivity contribution in [3.63, 3.8) is 0 Å². The van der Waals surface area contributed by atoms with E-state index in [1.807, 2.05) is 0 Å². The van der Waals surface area contributed by atoms with Crippen LogP contribution in [0, 0.1) is 11.6 Å². The number of benzene rings is 1. The van der Waals surface area contributed by atoms with Gasteiger partial charge in [-0.3, -0.25) is 0 Å². The van der Waals surface area contributed by atoms with Crippen molar-refractivity contribution in [3.05, 3.63) is 27.7 Å². The zero-order valence-electron chi connectivity index (χ0n) is 7.06. The van der Waals surface area contributed by atoms with E-state index in [9.17, 15) is 13.9 Å². The third-order valence-electron chi connectivity index (χ3n) is 2.14. The highest BCUT2D eigenvalue weighted by atomic mass is 79.9. The molecule has 0 fully saturated rings. The number of ether oxygens (including phenoxy) is 1. The second-order valence-corrected chi connectivity index (χ2v) is 3.90. The lowest BCUT2D eigenvalue weighted by atomic mass is 10.0. The summed E-state index contributed by atoms with van der Waals surface area (Å²) in [6, 6.07) is 0.992. The second-order valence-electron chi connectivity index (χ2n) is 3.05. The van der Waals surface area contributed by atoms with E-state index in [0.29, 0.717) is 10.9 Å². The van der Waals surface area contributed by atoms with Crippen molar-refractivity contribution < 1.29 is 18.6 Å². The summed E-state index contributed by atoms with van der Waals surface area (Å²) < 4.78 is 31.4. The molecular weight excluding hydrogens is 258 g/mol. The molecule has 0 bridgehead atoms. The van der Waals surface area contributed by atoms with E-state index in [2.05, 4.69) is 15.9 Å². The minimum absolute atomic E-state index is 0.185. The SMILES string of the molecule is O[C@@H]1CCOc2c(F)c(F)cc(Br)c21. The minimum atomic E-state index is -1.04. The number of hydrogen-bond acceptors (Lipinski definition) is 2. The van der Waals surface area contributed by atoms with Crippen molar-refractivity contribution in [2.24, 2.45) is 0 Å². The summed E-state index contributed by atoms with van der Waals surface area (Å²) in [4.78, 5) is 0. The fourth-order valence-electron chi connectivity index (χ4n) is 1.46. The van der Waals surface area contributed by atoms with Gasteiger partial charge in [0.05, 0.1) is 12.7 Å². The van der Waals surface area contributed by atoms with Crippen molar-refractivity contribution >= 4 is 15.9 Å². The van der Waals surface area contributed by atoms with Gasteiger partial charge in [0.2, 0.25) is 5.82 Å². The molecule has 0 amide bonds. The van der Waals surface area contributed by atoms with E-state index in [1.54, 1.807) is 0 Å². The molecule has 2 rings (SSSR count). The summed E-state index contributed by atoms with van der Waals surface area (Å²) >= 11 is 3.06. The van der Waals surface area contributed by atoms with E-state index in [4.69, 9.17) is 4.74 Å². The molecule has 0 radical (unpaired) electrons.